The van der Waals surface area contributed by atoms with E-state index >= 15 is 0 Å². The Bertz CT molecular complexity index is 938. The summed E-state index contributed by atoms with van der Waals surface area (Å²) in [5.74, 6) is -0.873. The number of rotatable bonds is 3. The fourth-order valence-corrected chi connectivity index (χ4v) is 3.25. The fraction of sp³-hybridized carbons (Fsp3) is 0.111. The van der Waals surface area contributed by atoms with Crippen molar-refractivity contribution in [2.75, 3.05) is 12.4 Å². The predicted molar refractivity (Wildman–Crippen MR) is 101 cm³/mol. The van der Waals surface area contributed by atoms with E-state index in [1.165, 1.54) is 13.1 Å². The Balaban J connectivity index is 2.17. The lowest BCUT2D eigenvalue weighted by Crippen LogP contribution is -2.28. The first kappa shape index (κ1) is 17.8. The second-order valence-corrected chi connectivity index (χ2v) is 6.83. The number of hydrogen-bond acceptors (Lipinski definition) is 3. The standard InChI is InChI=1S/C18H13Cl3N2O2/c1-9-12(20)4-3-5-14(9)22-16-15(17(24)23(2)18(16)25)11-7-6-10(19)8-13(11)21/h3-8,22H,1-2H3. The Kier molecular flexibility index (Phi) is 4.78. The summed E-state index contributed by atoms with van der Waals surface area (Å²) in [6, 6.07) is 10.1. The maximum Gasteiger partial charge on any atom is 0.277 e. The molecule has 0 aliphatic carbocycles. The van der Waals surface area contributed by atoms with Gasteiger partial charge in [-0.1, -0.05) is 46.9 Å². The van der Waals surface area contributed by atoms with Crippen LogP contribution in [0.2, 0.25) is 15.1 Å². The lowest BCUT2D eigenvalue weighted by molar-refractivity contribution is -0.135. The highest BCUT2D eigenvalue weighted by Gasteiger charge is 2.37. The second kappa shape index (κ2) is 6.71. The first-order valence-electron chi connectivity index (χ1n) is 7.35. The van der Waals surface area contributed by atoms with Crippen LogP contribution in [-0.2, 0) is 9.59 Å². The van der Waals surface area contributed by atoms with Gasteiger partial charge < -0.3 is 5.32 Å². The molecule has 0 fully saturated rings. The zero-order valence-electron chi connectivity index (χ0n) is 13.4. The van der Waals surface area contributed by atoms with Crippen molar-refractivity contribution in [3.8, 4) is 0 Å². The van der Waals surface area contributed by atoms with E-state index in [1.54, 1.807) is 30.3 Å². The van der Waals surface area contributed by atoms with E-state index in [1.807, 2.05) is 6.92 Å². The number of likely N-dealkylation sites (N-methyl/N-ethyl adjacent to an activating group) is 1. The van der Waals surface area contributed by atoms with Crippen molar-refractivity contribution in [2.45, 2.75) is 6.92 Å². The van der Waals surface area contributed by atoms with Gasteiger partial charge in [-0.3, -0.25) is 14.5 Å². The molecule has 0 saturated carbocycles. The summed E-state index contributed by atoms with van der Waals surface area (Å²) in [6.45, 7) is 1.82. The number of imide groups is 1. The highest BCUT2D eigenvalue weighted by Crippen LogP contribution is 2.35. The van der Waals surface area contributed by atoms with Crippen molar-refractivity contribution in [3.05, 3.63) is 68.3 Å². The van der Waals surface area contributed by atoms with Gasteiger partial charge in [0.1, 0.15) is 5.70 Å². The van der Waals surface area contributed by atoms with Crippen LogP contribution in [0.1, 0.15) is 11.1 Å². The molecule has 1 N–H and O–H groups in total. The van der Waals surface area contributed by atoms with Crippen LogP contribution in [0.25, 0.3) is 5.57 Å². The maximum atomic E-state index is 12.6. The minimum Gasteiger partial charge on any atom is -0.350 e. The quantitative estimate of drug-likeness (QED) is 0.761. The SMILES string of the molecule is Cc1c(Cl)cccc1NC1=C(c2ccc(Cl)cc2Cl)C(=O)N(C)C1=O. The number of carbonyl (C=O) groups is 2. The van der Waals surface area contributed by atoms with Gasteiger partial charge in [0, 0.05) is 28.3 Å². The Morgan fingerprint density at radius 3 is 2.36 bits per heavy atom. The Morgan fingerprint density at radius 2 is 1.68 bits per heavy atom. The molecule has 1 heterocycles. The minimum absolute atomic E-state index is 0.155. The lowest BCUT2D eigenvalue weighted by atomic mass is 10.0. The van der Waals surface area contributed by atoms with Crippen LogP contribution in [0, 0.1) is 6.92 Å². The molecule has 0 atom stereocenters. The van der Waals surface area contributed by atoms with Crippen LogP contribution in [0.3, 0.4) is 0 Å². The Morgan fingerprint density at radius 1 is 0.960 bits per heavy atom. The molecule has 0 spiro atoms. The van der Waals surface area contributed by atoms with Crippen molar-refractivity contribution in [1.82, 2.24) is 4.90 Å². The molecule has 4 nitrogen and oxygen atoms in total. The molecule has 0 bridgehead atoms. The van der Waals surface area contributed by atoms with Crippen LogP contribution < -0.4 is 5.32 Å². The molecule has 128 valence electrons. The summed E-state index contributed by atoms with van der Waals surface area (Å²) in [5.41, 5.74) is 2.21. The van der Waals surface area contributed by atoms with E-state index in [2.05, 4.69) is 5.32 Å². The third-order valence-electron chi connectivity index (χ3n) is 4.01. The number of nitrogens with one attached hydrogen (secondary N) is 1. The molecule has 0 unspecified atom stereocenters. The number of nitrogens with zero attached hydrogens (tertiary/aromatic N) is 1. The van der Waals surface area contributed by atoms with Crippen molar-refractivity contribution in [2.24, 2.45) is 0 Å². The highest BCUT2D eigenvalue weighted by molar-refractivity contribution is 6.41. The van der Waals surface area contributed by atoms with Gasteiger partial charge in [0.25, 0.3) is 11.8 Å². The summed E-state index contributed by atoms with van der Waals surface area (Å²) < 4.78 is 0. The minimum atomic E-state index is -0.439. The van der Waals surface area contributed by atoms with Gasteiger partial charge in [-0.25, -0.2) is 0 Å². The molecule has 0 aromatic heterocycles. The van der Waals surface area contributed by atoms with Crippen LogP contribution in [-0.4, -0.2) is 23.8 Å². The van der Waals surface area contributed by atoms with Crippen LogP contribution in [0.5, 0.6) is 0 Å². The summed E-state index contributed by atoms with van der Waals surface area (Å²) in [4.78, 5) is 26.2. The zero-order chi connectivity index (χ0) is 18.3. The van der Waals surface area contributed by atoms with E-state index < -0.39 is 11.8 Å². The third-order valence-corrected chi connectivity index (χ3v) is 4.97. The van der Waals surface area contributed by atoms with Crippen LogP contribution >= 0.6 is 34.8 Å². The van der Waals surface area contributed by atoms with E-state index in [-0.39, 0.29) is 11.3 Å². The van der Waals surface area contributed by atoms with Gasteiger partial charge in [0.05, 0.1) is 10.6 Å². The van der Waals surface area contributed by atoms with Gasteiger partial charge >= 0.3 is 0 Å². The largest absolute Gasteiger partial charge is 0.350 e. The van der Waals surface area contributed by atoms with E-state index in [0.29, 0.717) is 26.3 Å². The fourth-order valence-electron chi connectivity index (χ4n) is 2.58. The number of benzene rings is 2. The van der Waals surface area contributed by atoms with E-state index in [4.69, 9.17) is 34.8 Å². The molecule has 2 aromatic carbocycles. The molecule has 2 aromatic rings. The molecule has 3 rings (SSSR count). The summed E-state index contributed by atoms with van der Waals surface area (Å²) in [6.07, 6.45) is 0. The van der Waals surface area contributed by atoms with Gasteiger partial charge in [-0.2, -0.15) is 0 Å². The molecule has 7 heteroatoms. The molecular formula is C18H13Cl3N2O2. The third kappa shape index (κ3) is 3.13. The summed E-state index contributed by atoms with van der Waals surface area (Å²) >= 11 is 18.3. The zero-order valence-corrected chi connectivity index (χ0v) is 15.6. The number of hydrogen-bond donors (Lipinski definition) is 1. The smallest absolute Gasteiger partial charge is 0.277 e. The van der Waals surface area contributed by atoms with Gasteiger partial charge in [0.15, 0.2) is 0 Å². The summed E-state index contributed by atoms with van der Waals surface area (Å²) in [7, 11) is 1.42. The lowest BCUT2D eigenvalue weighted by Gasteiger charge is -2.12. The van der Waals surface area contributed by atoms with Crippen LogP contribution in [0.4, 0.5) is 5.69 Å². The first-order chi connectivity index (χ1) is 11.8. The predicted octanol–water partition coefficient (Wildman–Crippen LogP) is 4.78. The Hall–Kier alpha value is -2.01. The maximum absolute atomic E-state index is 12.6. The second-order valence-electron chi connectivity index (χ2n) is 5.58. The Labute approximate surface area is 160 Å². The van der Waals surface area contributed by atoms with Gasteiger partial charge in [-0.15, -0.1) is 0 Å². The van der Waals surface area contributed by atoms with Crippen molar-refractivity contribution < 1.29 is 9.59 Å². The topological polar surface area (TPSA) is 49.4 Å². The number of halogens is 3. The molecule has 0 radical (unpaired) electrons. The molecule has 2 amide bonds. The average molecular weight is 396 g/mol. The highest BCUT2D eigenvalue weighted by atomic mass is 35.5. The number of amides is 2. The van der Waals surface area contributed by atoms with Crippen molar-refractivity contribution >= 4 is 57.9 Å². The normalized spacial score (nSPS) is 14.5. The molecule has 1 aliphatic heterocycles. The van der Waals surface area contributed by atoms with Gasteiger partial charge in [0.2, 0.25) is 0 Å². The molecule has 1 aliphatic rings. The van der Waals surface area contributed by atoms with Crippen molar-refractivity contribution in [3.63, 3.8) is 0 Å². The first-order valence-corrected chi connectivity index (χ1v) is 8.49. The molecular weight excluding hydrogens is 383 g/mol. The van der Waals surface area contributed by atoms with E-state index in [9.17, 15) is 9.59 Å². The summed E-state index contributed by atoms with van der Waals surface area (Å²) in [5, 5.41) is 4.34. The monoisotopic (exact) mass is 394 g/mol. The number of carbonyl (C=O) groups excluding carboxylic acids is 2. The van der Waals surface area contributed by atoms with E-state index in [0.717, 1.165) is 10.5 Å². The molecule has 0 saturated heterocycles. The van der Waals surface area contributed by atoms with Crippen molar-refractivity contribution in [1.29, 1.82) is 0 Å². The number of anilines is 1. The van der Waals surface area contributed by atoms with Crippen LogP contribution in [0.15, 0.2) is 42.1 Å². The van der Waals surface area contributed by atoms with Gasteiger partial charge in [-0.05, 0) is 36.8 Å². The molecule has 25 heavy (non-hydrogen) atoms. The average Bonchev–Trinajstić information content (AvgIpc) is 2.77.